The molecule has 0 amide bonds. The minimum atomic E-state index is 0.550. The van der Waals surface area contributed by atoms with Crippen LogP contribution in [0.4, 0.5) is 0 Å². The van der Waals surface area contributed by atoms with E-state index in [1.54, 1.807) is 17.5 Å². The third-order valence-corrected chi connectivity index (χ3v) is 4.09. The molecule has 2 aromatic heterocycles. The summed E-state index contributed by atoms with van der Waals surface area (Å²) in [4.78, 5) is 8.86. The summed E-state index contributed by atoms with van der Waals surface area (Å²) in [5.74, 6) is 0. The fourth-order valence-corrected chi connectivity index (χ4v) is 3.02. The maximum atomic E-state index is 5.69. The van der Waals surface area contributed by atoms with Crippen LogP contribution in [0.25, 0.3) is 21.8 Å². The van der Waals surface area contributed by atoms with Crippen LogP contribution in [-0.2, 0) is 6.54 Å². The molecule has 0 aliphatic heterocycles. The molecule has 0 saturated heterocycles. The summed E-state index contributed by atoms with van der Waals surface area (Å²) in [6.07, 6.45) is 3.67. The van der Waals surface area contributed by atoms with E-state index in [9.17, 15) is 0 Å². The van der Waals surface area contributed by atoms with E-state index in [4.69, 9.17) is 10.7 Å². The average molecular weight is 281 g/mol. The predicted molar refractivity (Wildman–Crippen MR) is 83.4 cm³/mol. The Kier molecular flexibility index (Phi) is 3.58. The highest BCUT2D eigenvalue weighted by Gasteiger charge is 2.08. The fraction of sp³-hybridized carbons (Fsp3) is 0.125. The number of nitrogens with zero attached hydrogens (tertiary/aromatic N) is 2. The van der Waals surface area contributed by atoms with E-state index >= 15 is 0 Å². The average Bonchev–Trinajstić information content (AvgIpc) is 2.97. The van der Waals surface area contributed by atoms with Gasteiger partial charge in [-0.05, 0) is 30.2 Å². The summed E-state index contributed by atoms with van der Waals surface area (Å²) in [5, 5.41) is 3.11. The van der Waals surface area contributed by atoms with Gasteiger partial charge in [0.2, 0.25) is 0 Å². The van der Waals surface area contributed by atoms with Crippen molar-refractivity contribution in [3.05, 3.63) is 59.2 Å². The minimum absolute atomic E-state index is 0.550. The second-order valence-electron chi connectivity index (χ2n) is 4.63. The van der Waals surface area contributed by atoms with Gasteiger partial charge in [0.05, 0.1) is 5.69 Å². The van der Waals surface area contributed by atoms with Gasteiger partial charge < -0.3 is 5.73 Å². The summed E-state index contributed by atoms with van der Waals surface area (Å²) in [6.45, 7) is 2.60. The topological polar surface area (TPSA) is 51.8 Å². The molecule has 20 heavy (non-hydrogen) atoms. The summed E-state index contributed by atoms with van der Waals surface area (Å²) in [6, 6.07) is 10.2. The van der Waals surface area contributed by atoms with Crippen LogP contribution in [0.5, 0.6) is 0 Å². The van der Waals surface area contributed by atoms with Crippen molar-refractivity contribution in [2.75, 3.05) is 0 Å². The maximum absolute atomic E-state index is 5.69. The number of benzene rings is 1. The maximum Gasteiger partial charge on any atom is 0.124 e. The predicted octanol–water partition coefficient (Wildman–Crippen LogP) is 3.64. The van der Waals surface area contributed by atoms with E-state index in [0.717, 1.165) is 33.0 Å². The van der Waals surface area contributed by atoms with Gasteiger partial charge in [-0.2, -0.15) is 0 Å². The number of aromatic nitrogens is 2. The van der Waals surface area contributed by atoms with Gasteiger partial charge in [-0.25, -0.2) is 4.98 Å². The van der Waals surface area contributed by atoms with E-state index < -0.39 is 0 Å². The zero-order valence-corrected chi connectivity index (χ0v) is 12.0. The molecule has 0 atom stereocenters. The summed E-state index contributed by atoms with van der Waals surface area (Å²) >= 11 is 1.65. The number of pyridine rings is 1. The van der Waals surface area contributed by atoms with Crippen LogP contribution in [0, 0.1) is 6.92 Å². The second-order valence-corrected chi connectivity index (χ2v) is 5.49. The van der Waals surface area contributed by atoms with Crippen molar-refractivity contribution in [2.45, 2.75) is 13.5 Å². The highest BCUT2D eigenvalue weighted by atomic mass is 32.1. The Morgan fingerprint density at radius 2 is 2.15 bits per heavy atom. The summed E-state index contributed by atoms with van der Waals surface area (Å²) in [5.41, 5.74) is 11.2. The standard InChI is InChI=1S/C16H15N3S/c1-11-9-18-6-5-14(11)16-19-15(10-20-16)13-4-2-3-12(7-13)8-17/h2-7,9-10H,8,17H2,1H3. The first-order valence-corrected chi connectivity index (χ1v) is 7.32. The molecule has 2 N–H and O–H groups in total. The van der Waals surface area contributed by atoms with E-state index in [1.807, 2.05) is 24.4 Å². The molecule has 0 saturated carbocycles. The Hall–Kier alpha value is -2.04. The van der Waals surface area contributed by atoms with Gasteiger partial charge in [-0.1, -0.05) is 18.2 Å². The molecule has 0 fully saturated rings. The molecular formula is C16H15N3S. The molecule has 4 heteroatoms. The van der Waals surface area contributed by atoms with Crippen molar-refractivity contribution >= 4 is 11.3 Å². The van der Waals surface area contributed by atoms with E-state index in [1.165, 1.54) is 0 Å². The molecule has 3 aromatic rings. The number of aryl methyl sites for hydroxylation is 1. The second kappa shape index (κ2) is 5.53. The van der Waals surface area contributed by atoms with Crippen LogP contribution in [0.15, 0.2) is 48.1 Å². The number of hydrogen-bond donors (Lipinski definition) is 1. The van der Waals surface area contributed by atoms with Crippen LogP contribution < -0.4 is 5.73 Å². The van der Waals surface area contributed by atoms with Gasteiger partial charge in [-0.3, -0.25) is 4.98 Å². The van der Waals surface area contributed by atoms with Crippen molar-refractivity contribution in [1.82, 2.24) is 9.97 Å². The van der Waals surface area contributed by atoms with Gasteiger partial charge >= 0.3 is 0 Å². The van der Waals surface area contributed by atoms with Gasteiger partial charge in [0.1, 0.15) is 5.01 Å². The van der Waals surface area contributed by atoms with Crippen LogP contribution in [-0.4, -0.2) is 9.97 Å². The number of rotatable bonds is 3. The Balaban J connectivity index is 2.00. The molecule has 0 aliphatic carbocycles. The van der Waals surface area contributed by atoms with Crippen LogP contribution in [0.1, 0.15) is 11.1 Å². The minimum Gasteiger partial charge on any atom is -0.326 e. The lowest BCUT2D eigenvalue weighted by molar-refractivity contribution is 1.07. The Labute approximate surface area is 122 Å². The zero-order valence-electron chi connectivity index (χ0n) is 11.2. The lowest BCUT2D eigenvalue weighted by atomic mass is 10.1. The molecule has 1 aromatic carbocycles. The molecule has 0 aliphatic rings. The first-order valence-electron chi connectivity index (χ1n) is 6.44. The third-order valence-electron chi connectivity index (χ3n) is 3.21. The Morgan fingerprint density at radius 3 is 2.95 bits per heavy atom. The lowest BCUT2D eigenvalue weighted by Gasteiger charge is -2.01. The lowest BCUT2D eigenvalue weighted by Crippen LogP contribution is -1.95. The molecule has 0 bridgehead atoms. The smallest absolute Gasteiger partial charge is 0.124 e. The number of nitrogens with two attached hydrogens (primary N) is 1. The van der Waals surface area contributed by atoms with Gasteiger partial charge in [-0.15, -0.1) is 11.3 Å². The Morgan fingerprint density at radius 1 is 1.25 bits per heavy atom. The monoisotopic (exact) mass is 281 g/mol. The zero-order chi connectivity index (χ0) is 13.9. The first kappa shape index (κ1) is 13.0. The normalized spacial score (nSPS) is 10.7. The summed E-state index contributed by atoms with van der Waals surface area (Å²) in [7, 11) is 0. The molecule has 0 unspecified atom stereocenters. The van der Waals surface area contributed by atoms with Crippen LogP contribution in [0.2, 0.25) is 0 Å². The molecule has 0 spiro atoms. The molecular weight excluding hydrogens is 266 g/mol. The molecule has 3 rings (SSSR count). The Bertz CT molecular complexity index is 734. The molecule has 0 radical (unpaired) electrons. The quantitative estimate of drug-likeness (QED) is 0.797. The highest BCUT2D eigenvalue weighted by Crippen LogP contribution is 2.30. The van der Waals surface area contributed by atoms with Gasteiger partial charge in [0.15, 0.2) is 0 Å². The number of thiazole rings is 1. The third kappa shape index (κ3) is 2.48. The largest absolute Gasteiger partial charge is 0.326 e. The molecule has 2 heterocycles. The molecule has 100 valence electrons. The fourth-order valence-electron chi connectivity index (χ4n) is 2.10. The van der Waals surface area contributed by atoms with Crippen molar-refractivity contribution in [1.29, 1.82) is 0 Å². The SMILES string of the molecule is Cc1cnccc1-c1nc(-c2cccc(CN)c2)cs1. The van der Waals surface area contributed by atoms with E-state index in [2.05, 4.69) is 29.4 Å². The van der Waals surface area contributed by atoms with Crippen LogP contribution >= 0.6 is 11.3 Å². The van der Waals surface area contributed by atoms with E-state index in [0.29, 0.717) is 6.54 Å². The van der Waals surface area contributed by atoms with Crippen molar-refractivity contribution in [3.63, 3.8) is 0 Å². The summed E-state index contributed by atoms with van der Waals surface area (Å²) < 4.78 is 0. The molecule has 3 nitrogen and oxygen atoms in total. The van der Waals surface area contributed by atoms with Crippen LogP contribution in [0.3, 0.4) is 0 Å². The van der Waals surface area contributed by atoms with E-state index in [-0.39, 0.29) is 0 Å². The highest BCUT2D eigenvalue weighted by molar-refractivity contribution is 7.13. The van der Waals surface area contributed by atoms with Crippen molar-refractivity contribution < 1.29 is 0 Å². The van der Waals surface area contributed by atoms with Crippen molar-refractivity contribution in [3.8, 4) is 21.8 Å². The van der Waals surface area contributed by atoms with Crippen molar-refractivity contribution in [2.24, 2.45) is 5.73 Å². The van der Waals surface area contributed by atoms with Gasteiger partial charge in [0.25, 0.3) is 0 Å². The first-order chi connectivity index (χ1) is 9.78. The number of hydrogen-bond acceptors (Lipinski definition) is 4. The van der Waals surface area contributed by atoms with Gasteiger partial charge in [0, 0.05) is 35.4 Å².